The molecule has 104 valence electrons. The van der Waals surface area contributed by atoms with Crippen LogP contribution in [0.2, 0.25) is 0 Å². The van der Waals surface area contributed by atoms with Crippen molar-refractivity contribution in [1.29, 1.82) is 0 Å². The number of rotatable bonds is 5. The largest absolute Gasteiger partial charge is 0.378 e. The third kappa shape index (κ3) is 2.77. The lowest BCUT2D eigenvalue weighted by molar-refractivity contribution is 0.184. The van der Waals surface area contributed by atoms with Gasteiger partial charge in [0.15, 0.2) is 10.6 Å². The lowest BCUT2D eigenvalue weighted by Gasteiger charge is -2.05. The molecule has 0 unspecified atom stereocenters. The highest BCUT2D eigenvalue weighted by molar-refractivity contribution is 7.71. The summed E-state index contributed by atoms with van der Waals surface area (Å²) in [4.78, 5) is 5.73. The van der Waals surface area contributed by atoms with Crippen LogP contribution in [0.25, 0.3) is 10.7 Å². The maximum atomic E-state index is 5.24. The van der Waals surface area contributed by atoms with E-state index in [4.69, 9.17) is 17.0 Å². The van der Waals surface area contributed by atoms with E-state index in [1.807, 2.05) is 4.57 Å². The first-order valence-electron chi connectivity index (χ1n) is 6.22. The first-order valence-corrected chi connectivity index (χ1v) is 7.45. The molecule has 19 heavy (non-hydrogen) atoms. The van der Waals surface area contributed by atoms with Crippen molar-refractivity contribution in [2.75, 3.05) is 7.11 Å². The Morgan fingerprint density at radius 1 is 1.47 bits per heavy atom. The Kier molecular flexibility index (Phi) is 4.49. The summed E-state index contributed by atoms with van der Waals surface area (Å²) in [6, 6.07) is 0. The molecule has 0 fully saturated rings. The van der Waals surface area contributed by atoms with Crippen molar-refractivity contribution in [2.24, 2.45) is 0 Å². The first-order chi connectivity index (χ1) is 9.08. The summed E-state index contributed by atoms with van der Waals surface area (Å²) >= 11 is 6.87. The quantitative estimate of drug-likeness (QED) is 0.860. The number of thiazole rings is 1. The number of aromatic nitrogens is 4. The van der Waals surface area contributed by atoms with E-state index >= 15 is 0 Å². The average molecular weight is 298 g/mol. The lowest BCUT2D eigenvalue weighted by atomic mass is 10.1. The molecule has 2 rings (SSSR count). The van der Waals surface area contributed by atoms with Gasteiger partial charge in [-0.2, -0.15) is 5.10 Å². The van der Waals surface area contributed by atoms with Crippen LogP contribution in [0.15, 0.2) is 0 Å². The molecule has 0 radical (unpaired) electrons. The first kappa shape index (κ1) is 14.4. The highest BCUT2D eigenvalue weighted by atomic mass is 32.1. The molecule has 0 bridgehead atoms. The predicted molar refractivity (Wildman–Crippen MR) is 79.0 cm³/mol. The van der Waals surface area contributed by atoms with Gasteiger partial charge < -0.3 is 4.74 Å². The SMILES string of the molecule is CCn1c(-c2sc(COC)nc2C(C)C)n[nH]c1=S. The van der Waals surface area contributed by atoms with Gasteiger partial charge in [-0.3, -0.25) is 9.67 Å². The van der Waals surface area contributed by atoms with Crippen molar-refractivity contribution in [2.45, 2.75) is 39.8 Å². The Balaban J connectivity index is 2.56. The van der Waals surface area contributed by atoms with Crippen LogP contribution in [0.1, 0.15) is 37.4 Å². The van der Waals surface area contributed by atoms with Crippen LogP contribution in [0.5, 0.6) is 0 Å². The second-order valence-electron chi connectivity index (χ2n) is 4.51. The van der Waals surface area contributed by atoms with E-state index < -0.39 is 0 Å². The minimum atomic E-state index is 0.340. The Hall–Kier alpha value is -1.05. The zero-order valence-corrected chi connectivity index (χ0v) is 13.2. The Morgan fingerprint density at radius 3 is 2.79 bits per heavy atom. The van der Waals surface area contributed by atoms with Gasteiger partial charge in [-0.1, -0.05) is 13.8 Å². The molecular weight excluding hydrogens is 280 g/mol. The number of nitrogens with zero attached hydrogens (tertiary/aromatic N) is 3. The van der Waals surface area contributed by atoms with Crippen molar-refractivity contribution in [1.82, 2.24) is 19.7 Å². The van der Waals surface area contributed by atoms with Gasteiger partial charge in [0.2, 0.25) is 0 Å². The third-order valence-corrected chi connectivity index (χ3v) is 4.14. The van der Waals surface area contributed by atoms with Crippen LogP contribution < -0.4 is 0 Å². The number of aromatic amines is 1. The van der Waals surface area contributed by atoms with Crippen molar-refractivity contribution in [3.8, 4) is 10.7 Å². The molecule has 2 aromatic rings. The van der Waals surface area contributed by atoms with Crippen molar-refractivity contribution in [3.05, 3.63) is 15.5 Å². The fraction of sp³-hybridized carbons (Fsp3) is 0.583. The summed E-state index contributed by atoms with van der Waals surface area (Å²) in [7, 11) is 1.68. The Morgan fingerprint density at radius 2 is 2.21 bits per heavy atom. The summed E-state index contributed by atoms with van der Waals surface area (Å²) in [5.74, 6) is 1.21. The number of nitrogens with one attached hydrogen (secondary N) is 1. The molecule has 0 saturated carbocycles. The summed E-state index contributed by atoms with van der Waals surface area (Å²) < 4.78 is 7.80. The average Bonchev–Trinajstić information content (AvgIpc) is 2.93. The lowest BCUT2D eigenvalue weighted by Crippen LogP contribution is -1.99. The topological polar surface area (TPSA) is 55.7 Å². The molecule has 0 aromatic carbocycles. The van der Waals surface area contributed by atoms with E-state index in [0.29, 0.717) is 17.3 Å². The van der Waals surface area contributed by atoms with Gasteiger partial charge in [0, 0.05) is 13.7 Å². The molecule has 7 heteroatoms. The van der Waals surface area contributed by atoms with Gasteiger partial charge in [-0.05, 0) is 25.1 Å². The van der Waals surface area contributed by atoms with Crippen molar-refractivity contribution in [3.63, 3.8) is 0 Å². The van der Waals surface area contributed by atoms with E-state index in [1.54, 1.807) is 18.4 Å². The molecule has 0 aliphatic heterocycles. The minimum Gasteiger partial charge on any atom is -0.378 e. The van der Waals surface area contributed by atoms with E-state index in [1.165, 1.54) is 0 Å². The zero-order valence-electron chi connectivity index (χ0n) is 11.6. The minimum absolute atomic E-state index is 0.340. The van der Waals surface area contributed by atoms with Gasteiger partial charge in [0.1, 0.15) is 5.01 Å². The Labute approximate surface area is 121 Å². The number of hydrogen-bond donors (Lipinski definition) is 1. The van der Waals surface area contributed by atoms with Crippen molar-refractivity contribution >= 4 is 23.6 Å². The second kappa shape index (κ2) is 5.94. The van der Waals surface area contributed by atoms with Crippen LogP contribution in [0.3, 0.4) is 0 Å². The summed E-state index contributed by atoms with van der Waals surface area (Å²) in [6.45, 7) is 7.64. The molecule has 0 aliphatic carbocycles. The molecule has 0 amide bonds. The van der Waals surface area contributed by atoms with Gasteiger partial charge >= 0.3 is 0 Å². The molecule has 2 heterocycles. The Bertz CT molecular complexity index is 612. The summed E-state index contributed by atoms with van der Waals surface area (Å²) in [5.41, 5.74) is 1.06. The molecule has 2 aromatic heterocycles. The highest BCUT2D eigenvalue weighted by Gasteiger charge is 2.20. The number of H-pyrrole nitrogens is 1. The molecule has 5 nitrogen and oxygen atoms in total. The smallest absolute Gasteiger partial charge is 0.195 e. The fourth-order valence-electron chi connectivity index (χ4n) is 1.90. The molecule has 0 spiro atoms. The van der Waals surface area contributed by atoms with Gasteiger partial charge in [0.05, 0.1) is 17.2 Å². The monoisotopic (exact) mass is 298 g/mol. The van der Waals surface area contributed by atoms with E-state index in [9.17, 15) is 0 Å². The van der Waals surface area contributed by atoms with Gasteiger partial charge in [-0.25, -0.2) is 4.98 Å². The number of methoxy groups -OCH3 is 1. The second-order valence-corrected chi connectivity index (χ2v) is 5.98. The normalized spacial score (nSPS) is 11.4. The van der Waals surface area contributed by atoms with Gasteiger partial charge in [0.25, 0.3) is 0 Å². The number of hydrogen-bond acceptors (Lipinski definition) is 5. The number of ether oxygens (including phenoxy) is 1. The van der Waals surface area contributed by atoms with Crippen molar-refractivity contribution < 1.29 is 4.74 Å². The molecule has 0 aliphatic rings. The van der Waals surface area contributed by atoms with Crippen LogP contribution >= 0.6 is 23.6 Å². The summed E-state index contributed by atoms with van der Waals surface area (Å²) in [6.07, 6.45) is 0. The van der Waals surface area contributed by atoms with E-state index in [-0.39, 0.29) is 0 Å². The maximum absolute atomic E-state index is 5.24. The van der Waals surface area contributed by atoms with Crippen LogP contribution in [-0.2, 0) is 17.9 Å². The van der Waals surface area contributed by atoms with Crippen LogP contribution in [-0.4, -0.2) is 26.9 Å². The van der Waals surface area contributed by atoms with Crippen LogP contribution in [0.4, 0.5) is 0 Å². The molecule has 1 N–H and O–H groups in total. The predicted octanol–water partition coefficient (Wildman–Crippen LogP) is 3.35. The third-order valence-electron chi connectivity index (χ3n) is 2.79. The molecule has 0 saturated heterocycles. The van der Waals surface area contributed by atoms with E-state index in [2.05, 4.69) is 36.0 Å². The maximum Gasteiger partial charge on any atom is 0.195 e. The summed E-state index contributed by atoms with van der Waals surface area (Å²) in [5, 5.41) is 8.18. The van der Waals surface area contributed by atoms with E-state index in [0.717, 1.165) is 27.9 Å². The fourth-order valence-corrected chi connectivity index (χ4v) is 3.35. The molecule has 0 atom stereocenters. The van der Waals surface area contributed by atoms with Gasteiger partial charge in [-0.15, -0.1) is 11.3 Å². The highest BCUT2D eigenvalue weighted by Crippen LogP contribution is 2.33. The zero-order chi connectivity index (χ0) is 14.0. The van der Waals surface area contributed by atoms with Crippen LogP contribution in [0, 0.1) is 4.77 Å². The molecular formula is C12H18N4OS2. The standard InChI is InChI=1S/C12H18N4OS2/c1-5-16-11(14-15-12(16)18)10-9(7(2)3)13-8(19-10)6-17-4/h7H,5-6H2,1-4H3,(H,15,18).